The number of carbonyl (C=O) groups is 1. The maximum Gasteiger partial charge on any atom is 0.241 e. The van der Waals surface area contributed by atoms with E-state index in [1.807, 2.05) is 6.92 Å². The second kappa shape index (κ2) is 5.29. The Kier molecular flexibility index (Phi) is 4.25. The molecule has 2 N–H and O–H groups in total. The molecule has 94 valence electrons. The van der Waals surface area contributed by atoms with E-state index in [0.717, 1.165) is 5.56 Å². The van der Waals surface area contributed by atoms with Crippen molar-refractivity contribution < 1.29 is 13.2 Å². The Labute approximate surface area is 101 Å². The van der Waals surface area contributed by atoms with Crippen molar-refractivity contribution in [1.82, 2.24) is 10.0 Å². The summed E-state index contributed by atoms with van der Waals surface area (Å²) >= 11 is 0. The third-order valence-electron chi connectivity index (χ3n) is 2.32. The summed E-state index contributed by atoms with van der Waals surface area (Å²) in [5.74, 6) is -0.377. The number of benzene rings is 1. The monoisotopic (exact) mass is 256 g/mol. The lowest BCUT2D eigenvalue weighted by Gasteiger charge is -2.09. The lowest BCUT2D eigenvalue weighted by Crippen LogP contribution is -2.35. The van der Waals surface area contributed by atoms with Gasteiger partial charge in [-0.05, 0) is 25.5 Å². The Balaban J connectivity index is 2.94. The van der Waals surface area contributed by atoms with Gasteiger partial charge in [-0.3, -0.25) is 4.79 Å². The summed E-state index contributed by atoms with van der Waals surface area (Å²) < 4.78 is 26.0. The quantitative estimate of drug-likeness (QED) is 0.815. The number of carbonyl (C=O) groups excluding carboxylic acids is 1. The maximum atomic E-state index is 11.9. The van der Waals surface area contributed by atoms with Crippen molar-refractivity contribution in [2.75, 3.05) is 13.6 Å². The molecule has 0 bridgehead atoms. The van der Waals surface area contributed by atoms with Gasteiger partial charge in [0.1, 0.15) is 0 Å². The predicted molar refractivity (Wildman–Crippen MR) is 65.2 cm³/mol. The first-order valence-corrected chi connectivity index (χ1v) is 6.62. The van der Waals surface area contributed by atoms with Crippen LogP contribution in [-0.4, -0.2) is 27.9 Å². The number of likely N-dealkylation sites (N-methyl/N-ethyl adjacent to an activating group) is 1. The highest BCUT2D eigenvalue weighted by molar-refractivity contribution is 7.89. The molecule has 0 aliphatic carbocycles. The van der Waals surface area contributed by atoms with Crippen LogP contribution in [0.2, 0.25) is 0 Å². The van der Waals surface area contributed by atoms with Gasteiger partial charge in [0.2, 0.25) is 15.9 Å². The van der Waals surface area contributed by atoms with E-state index in [1.54, 1.807) is 19.1 Å². The fourth-order valence-corrected chi connectivity index (χ4v) is 2.63. The van der Waals surface area contributed by atoms with Gasteiger partial charge in [-0.15, -0.1) is 0 Å². The Morgan fingerprint density at radius 1 is 1.29 bits per heavy atom. The Morgan fingerprint density at radius 2 is 1.94 bits per heavy atom. The van der Waals surface area contributed by atoms with E-state index >= 15 is 0 Å². The molecular formula is C11H16N2O3S. The Hall–Kier alpha value is -1.40. The topological polar surface area (TPSA) is 75.3 Å². The fourth-order valence-electron chi connectivity index (χ4n) is 1.43. The average Bonchev–Trinajstić information content (AvgIpc) is 2.25. The van der Waals surface area contributed by atoms with Gasteiger partial charge in [0, 0.05) is 7.05 Å². The van der Waals surface area contributed by atoms with E-state index in [4.69, 9.17) is 0 Å². The number of sulfonamides is 1. The number of hydrogen-bond acceptors (Lipinski definition) is 3. The van der Waals surface area contributed by atoms with Gasteiger partial charge in [-0.2, -0.15) is 0 Å². The second-order valence-electron chi connectivity index (χ2n) is 3.77. The molecule has 0 fully saturated rings. The molecule has 0 radical (unpaired) electrons. The minimum absolute atomic E-state index is 0.201. The van der Waals surface area contributed by atoms with Crippen LogP contribution in [0.25, 0.3) is 0 Å². The third kappa shape index (κ3) is 3.54. The summed E-state index contributed by atoms with van der Waals surface area (Å²) in [7, 11) is -2.17. The van der Waals surface area contributed by atoms with E-state index in [-0.39, 0.29) is 17.3 Å². The highest BCUT2D eigenvalue weighted by Gasteiger charge is 2.17. The van der Waals surface area contributed by atoms with Gasteiger partial charge >= 0.3 is 0 Å². The number of hydrogen-bond donors (Lipinski definition) is 2. The fraction of sp³-hybridized carbons (Fsp3) is 0.364. The van der Waals surface area contributed by atoms with Crippen molar-refractivity contribution in [2.24, 2.45) is 0 Å². The SMILES string of the molecule is CNC(=O)CNS(=O)(=O)c1ccc(C)cc1C. The van der Waals surface area contributed by atoms with Crippen molar-refractivity contribution >= 4 is 15.9 Å². The van der Waals surface area contributed by atoms with Gasteiger partial charge in [0.25, 0.3) is 0 Å². The number of rotatable bonds is 4. The van der Waals surface area contributed by atoms with Crippen LogP contribution < -0.4 is 10.0 Å². The van der Waals surface area contributed by atoms with Crippen LogP contribution in [0, 0.1) is 13.8 Å². The largest absolute Gasteiger partial charge is 0.358 e. The molecule has 6 heteroatoms. The molecule has 0 atom stereocenters. The zero-order valence-corrected chi connectivity index (χ0v) is 10.9. The van der Waals surface area contributed by atoms with Gasteiger partial charge in [0.05, 0.1) is 11.4 Å². The smallest absolute Gasteiger partial charge is 0.241 e. The molecular weight excluding hydrogens is 240 g/mol. The average molecular weight is 256 g/mol. The van der Waals surface area contributed by atoms with Crippen LogP contribution in [0.4, 0.5) is 0 Å². The predicted octanol–water partition coefficient (Wildman–Crippen LogP) is 0.328. The normalized spacial score (nSPS) is 11.2. The van der Waals surface area contributed by atoms with Crippen molar-refractivity contribution in [2.45, 2.75) is 18.7 Å². The lowest BCUT2D eigenvalue weighted by atomic mass is 10.2. The van der Waals surface area contributed by atoms with Crippen LogP contribution in [0.15, 0.2) is 23.1 Å². The van der Waals surface area contributed by atoms with Crippen molar-refractivity contribution in [3.8, 4) is 0 Å². The second-order valence-corrected chi connectivity index (χ2v) is 5.50. The Morgan fingerprint density at radius 3 is 2.47 bits per heavy atom. The zero-order valence-electron chi connectivity index (χ0n) is 10.1. The van der Waals surface area contributed by atoms with Crippen molar-refractivity contribution in [3.63, 3.8) is 0 Å². The summed E-state index contributed by atoms with van der Waals surface area (Å²) in [5.41, 5.74) is 1.65. The Bertz CT molecular complexity index is 524. The molecule has 1 aromatic rings. The molecule has 17 heavy (non-hydrogen) atoms. The molecule has 1 amide bonds. The third-order valence-corrected chi connectivity index (χ3v) is 3.88. The van der Waals surface area contributed by atoms with E-state index in [0.29, 0.717) is 5.56 Å². The number of amides is 1. The minimum atomic E-state index is -3.62. The van der Waals surface area contributed by atoms with Crippen LogP contribution in [0.5, 0.6) is 0 Å². The zero-order chi connectivity index (χ0) is 13.1. The van der Waals surface area contributed by atoms with Gasteiger partial charge in [0.15, 0.2) is 0 Å². The van der Waals surface area contributed by atoms with Gasteiger partial charge in [-0.25, -0.2) is 13.1 Å². The summed E-state index contributed by atoms with van der Waals surface area (Å²) in [6.45, 7) is 3.36. The first kappa shape index (κ1) is 13.7. The summed E-state index contributed by atoms with van der Waals surface area (Å²) in [6, 6.07) is 5.05. The summed E-state index contributed by atoms with van der Waals surface area (Å²) in [4.78, 5) is 11.2. The van der Waals surface area contributed by atoms with Crippen LogP contribution in [0.1, 0.15) is 11.1 Å². The number of aryl methyl sites for hydroxylation is 2. The summed E-state index contributed by atoms with van der Waals surface area (Å²) in [5, 5.41) is 2.35. The molecule has 0 heterocycles. The summed E-state index contributed by atoms with van der Waals surface area (Å²) in [6.07, 6.45) is 0. The minimum Gasteiger partial charge on any atom is -0.358 e. The molecule has 5 nitrogen and oxygen atoms in total. The molecule has 0 saturated carbocycles. The van der Waals surface area contributed by atoms with Crippen molar-refractivity contribution in [1.29, 1.82) is 0 Å². The molecule has 1 aromatic carbocycles. The lowest BCUT2D eigenvalue weighted by molar-refractivity contribution is -0.119. The van der Waals surface area contributed by atoms with Gasteiger partial charge < -0.3 is 5.32 Å². The van der Waals surface area contributed by atoms with Crippen molar-refractivity contribution in [3.05, 3.63) is 29.3 Å². The molecule has 0 aliphatic rings. The first-order chi connectivity index (χ1) is 7.86. The molecule has 0 aliphatic heterocycles. The number of nitrogens with one attached hydrogen (secondary N) is 2. The highest BCUT2D eigenvalue weighted by Crippen LogP contribution is 2.15. The van der Waals surface area contributed by atoms with Crippen LogP contribution in [0.3, 0.4) is 0 Å². The molecule has 0 unspecified atom stereocenters. The maximum absolute atomic E-state index is 11.9. The van der Waals surface area contributed by atoms with Gasteiger partial charge in [-0.1, -0.05) is 17.7 Å². The van der Waals surface area contributed by atoms with E-state index < -0.39 is 10.0 Å². The standard InChI is InChI=1S/C11H16N2O3S/c1-8-4-5-10(9(2)6-8)17(15,16)13-7-11(14)12-3/h4-6,13H,7H2,1-3H3,(H,12,14). The van der Waals surface area contributed by atoms with E-state index in [2.05, 4.69) is 10.0 Å². The van der Waals surface area contributed by atoms with Crippen LogP contribution in [-0.2, 0) is 14.8 Å². The first-order valence-electron chi connectivity index (χ1n) is 5.14. The molecule has 0 saturated heterocycles. The van der Waals surface area contributed by atoms with E-state index in [9.17, 15) is 13.2 Å². The highest BCUT2D eigenvalue weighted by atomic mass is 32.2. The molecule has 1 rings (SSSR count). The van der Waals surface area contributed by atoms with E-state index in [1.165, 1.54) is 13.1 Å². The molecule has 0 spiro atoms. The van der Waals surface area contributed by atoms with Crippen LogP contribution >= 0.6 is 0 Å². The molecule has 0 aromatic heterocycles.